The second-order valence-electron chi connectivity index (χ2n) is 9.73. The average molecular weight is 489 g/mol. The molecular weight excluding hydrogens is 452 g/mol. The molecule has 0 bridgehead atoms. The van der Waals surface area contributed by atoms with Gasteiger partial charge in [-0.3, -0.25) is 14.6 Å². The zero-order chi connectivity index (χ0) is 25.5. The van der Waals surface area contributed by atoms with Gasteiger partial charge in [-0.15, -0.1) is 0 Å². The molecule has 1 fully saturated rings. The summed E-state index contributed by atoms with van der Waals surface area (Å²) in [4.78, 5) is 31.7. The second kappa shape index (κ2) is 11.9. The van der Waals surface area contributed by atoms with E-state index in [1.807, 2.05) is 74.2 Å². The molecule has 2 heterocycles. The van der Waals surface area contributed by atoms with Crippen LogP contribution in [0.5, 0.6) is 5.75 Å². The SMILES string of the molecule is CCCC(=O)N1CCC(COc2ccc3ncc(C(=O)NC(C)C)c(Nc4ccccc4)c3c2)CC1. The summed E-state index contributed by atoms with van der Waals surface area (Å²) >= 11 is 0. The first-order chi connectivity index (χ1) is 17.4. The summed E-state index contributed by atoms with van der Waals surface area (Å²) < 4.78 is 6.21. The van der Waals surface area contributed by atoms with E-state index in [1.165, 1.54) is 0 Å². The van der Waals surface area contributed by atoms with Crippen LogP contribution in [-0.2, 0) is 4.79 Å². The largest absolute Gasteiger partial charge is 0.493 e. The summed E-state index contributed by atoms with van der Waals surface area (Å²) in [5.74, 6) is 1.24. The molecule has 1 aromatic heterocycles. The van der Waals surface area contributed by atoms with Gasteiger partial charge < -0.3 is 20.3 Å². The summed E-state index contributed by atoms with van der Waals surface area (Å²) in [6, 6.07) is 15.6. The third-order valence-electron chi connectivity index (χ3n) is 6.46. The fourth-order valence-corrected chi connectivity index (χ4v) is 4.51. The number of nitrogens with zero attached hydrogens (tertiary/aromatic N) is 2. The number of hydrogen-bond donors (Lipinski definition) is 2. The first-order valence-electron chi connectivity index (χ1n) is 12.9. The van der Waals surface area contributed by atoms with Gasteiger partial charge in [0.05, 0.1) is 23.4 Å². The highest BCUT2D eigenvalue weighted by Crippen LogP contribution is 2.32. The summed E-state index contributed by atoms with van der Waals surface area (Å²) in [6.45, 7) is 8.11. The van der Waals surface area contributed by atoms with Gasteiger partial charge in [0, 0.05) is 42.8 Å². The molecule has 2 aromatic carbocycles. The Morgan fingerprint density at radius 3 is 2.56 bits per heavy atom. The third-order valence-corrected chi connectivity index (χ3v) is 6.46. The smallest absolute Gasteiger partial charge is 0.255 e. The molecule has 4 rings (SSSR count). The maximum absolute atomic E-state index is 13.0. The maximum atomic E-state index is 13.0. The first-order valence-corrected chi connectivity index (χ1v) is 12.9. The zero-order valence-electron chi connectivity index (χ0n) is 21.4. The minimum Gasteiger partial charge on any atom is -0.493 e. The lowest BCUT2D eigenvalue weighted by molar-refractivity contribution is -0.132. The lowest BCUT2D eigenvalue weighted by Gasteiger charge is -2.32. The molecule has 36 heavy (non-hydrogen) atoms. The lowest BCUT2D eigenvalue weighted by atomic mass is 9.97. The van der Waals surface area contributed by atoms with Crippen LogP contribution in [0.1, 0.15) is 56.8 Å². The van der Waals surface area contributed by atoms with Gasteiger partial charge in [0.15, 0.2) is 0 Å². The Kier molecular flexibility index (Phi) is 8.41. The van der Waals surface area contributed by atoms with Crippen molar-refractivity contribution in [2.45, 2.75) is 52.5 Å². The van der Waals surface area contributed by atoms with Crippen LogP contribution in [0.2, 0.25) is 0 Å². The van der Waals surface area contributed by atoms with Gasteiger partial charge in [-0.2, -0.15) is 0 Å². The quantitative estimate of drug-likeness (QED) is 0.414. The molecule has 7 nitrogen and oxygen atoms in total. The highest BCUT2D eigenvalue weighted by atomic mass is 16.5. The summed E-state index contributed by atoms with van der Waals surface area (Å²) in [5.41, 5.74) is 2.86. The standard InChI is InChI=1S/C29H36N4O3/c1-4-8-27(34)33-15-13-21(14-16-33)19-36-23-11-12-26-24(17-23)28(32-22-9-6-5-7-10-22)25(18-30-26)29(35)31-20(2)3/h5-7,9-12,17-18,20-21H,4,8,13-16,19H2,1-3H3,(H,30,32)(H,31,35). The molecule has 7 heteroatoms. The van der Waals surface area contributed by atoms with Crippen molar-refractivity contribution in [3.8, 4) is 5.75 Å². The number of fused-ring (bicyclic) bond motifs is 1. The van der Waals surface area contributed by atoms with Crippen molar-refractivity contribution in [1.82, 2.24) is 15.2 Å². The number of anilines is 2. The molecule has 190 valence electrons. The number of pyridine rings is 1. The van der Waals surface area contributed by atoms with Crippen LogP contribution in [-0.4, -0.2) is 47.4 Å². The van der Waals surface area contributed by atoms with Crippen LogP contribution < -0.4 is 15.4 Å². The number of nitrogens with one attached hydrogen (secondary N) is 2. The van der Waals surface area contributed by atoms with Crippen molar-refractivity contribution in [2.75, 3.05) is 25.0 Å². The normalized spacial score (nSPS) is 14.2. The lowest BCUT2D eigenvalue weighted by Crippen LogP contribution is -2.39. The molecule has 0 aliphatic carbocycles. The molecule has 2 amide bonds. The Bertz CT molecular complexity index is 1190. The van der Waals surface area contributed by atoms with Crippen LogP contribution in [0.3, 0.4) is 0 Å². The first kappa shape index (κ1) is 25.5. The maximum Gasteiger partial charge on any atom is 0.255 e. The van der Waals surface area contributed by atoms with E-state index < -0.39 is 0 Å². The molecule has 0 saturated carbocycles. The Hall–Kier alpha value is -3.61. The van der Waals surface area contributed by atoms with E-state index in [0.717, 1.165) is 54.7 Å². The van der Waals surface area contributed by atoms with Crippen LogP contribution in [0.15, 0.2) is 54.7 Å². The average Bonchev–Trinajstić information content (AvgIpc) is 2.88. The van der Waals surface area contributed by atoms with Gasteiger partial charge in [0.2, 0.25) is 5.91 Å². The topological polar surface area (TPSA) is 83.6 Å². The van der Waals surface area contributed by atoms with Gasteiger partial charge >= 0.3 is 0 Å². The summed E-state index contributed by atoms with van der Waals surface area (Å²) in [6.07, 6.45) is 5.04. The van der Waals surface area contributed by atoms with E-state index in [2.05, 4.69) is 15.6 Å². The number of amides is 2. The fraction of sp³-hybridized carbons (Fsp3) is 0.414. The molecule has 0 radical (unpaired) electrons. The van der Waals surface area contributed by atoms with Crippen LogP contribution in [0, 0.1) is 5.92 Å². The number of carbonyl (C=O) groups excluding carboxylic acids is 2. The number of carbonyl (C=O) groups is 2. The molecule has 3 aromatic rings. The van der Waals surface area contributed by atoms with Gasteiger partial charge in [-0.25, -0.2) is 0 Å². The van der Waals surface area contributed by atoms with E-state index in [9.17, 15) is 9.59 Å². The summed E-state index contributed by atoms with van der Waals surface area (Å²) in [7, 11) is 0. The van der Waals surface area contributed by atoms with E-state index in [1.54, 1.807) is 6.20 Å². The molecule has 1 saturated heterocycles. The fourth-order valence-electron chi connectivity index (χ4n) is 4.51. The number of aromatic nitrogens is 1. The van der Waals surface area contributed by atoms with Crippen molar-refractivity contribution < 1.29 is 14.3 Å². The minimum absolute atomic E-state index is 0.0103. The number of piperidine rings is 1. The van der Waals surface area contributed by atoms with Crippen molar-refractivity contribution in [2.24, 2.45) is 5.92 Å². The van der Waals surface area contributed by atoms with Gasteiger partial charge in [0.1, 0.15) is 5.75 Å². The number of likely N-dealkylation sites (tertiary alicyclic amines) is 1. The van der Waals surface area contributed by atoms with Crippen LogP contribution in [0.25, 0.3) is 10.9 Å². The van der Waals surface area contributed by atoms with Gasteiger partial charge in [-0.1, -0.05) is 25.1 Å². The molecule has 1 aliphatic heterocycles. The van der Waals surface area contributed by atoms with Gasteiger partial charge in [-0.05, 0) is 69.4 Å². The van der Waals surface area contributed by atoms with E-state index in [4.69, 9.17) is 4.74 Å². The van der Waals surface area contributed by atoms with E-state index >= 15 is 0 Å². The predicted molar refractivity (Wildman–Crippen MR) is 144 cm³/mol. The van der Waals surface area contributed by atoms with Crippen molar-refractivity contribution in [1.29, 1.82) is 0 Å². The minimum atomic E-state index is -0.173. The molecule has 2 N–H and O–H groups in total. The summed E-state index contributed by atoms with van der Waals surface area (Å²) in [5, 5.41) is 7.23. The van der Waals surface area contributed by atoms with E-state index in [0.29, 0.717) is 30.2 Å². The Labute approximate surface area is 213 Å². The molecule has 0 spiro atoms. The molecule has 0 unspecified atom stereocenters. The predicted octanol–water partition coefficient (Wildman–Crippen LogP) is 5.53. The highest BCUT2D eigenvalue weighted by molar-refractivity contribution is 6.08. The Balaban J connectivity index is 1.54. The number of para-hydroxylation sites is 1. The van der Waals surface area contributed by atoms with Crippen molar-refractivity contribution in [3.63, 3.8) is 0 Å². The Morgan fingerprint density at radius 1 is 1.11 bits per heavy atom. The second-order valence-corrected chi connectivity index (χ2v) is 9.73. The van der Waals surface area contributed by atoms with Gasteiger partial charge in [0.25, 0.3) is 5.91 Å². The highest BCUT2D eigenvalue weighted by Gasteiger charge is 2.23. The monoisotopic (exact) mass is 488 g/mol. The third kappa shape index (κ3) is 6.33. The number of hydrogen-bond acceptors (Lipinski definition) is 5. The van der Waals surface area contributed by atoms with Crippen LogP contribution >= 0.6 is 0 Å². The molecular formula is C29H36N4O3. The van der Waals surface area contributed by atoms with E-state index in [-0.39, 0.29) is 17.9 Å². The van der Waals surface area contributed by atoms with Crippen molar-refractivity contribution >= 4 is 34.1 Å². The van der Waals surface area contributed by atoms with Crippen LogP contribution in [0.4, 0.5) is 11.4 Å². The number of ether oxygens (including phenoxy) is 1. The zero-order valence-corrected chi connectivity index (χ0v) is 21.4. The number of rotatable bonds is 9. The Morgan fingerprint density at radius 2 is 1.86 bits per heavy atom. The molecule has 1 aliphatic rings. The number of benzene rings is 2. The molecule has 0 atom stereocenters. The van der Waals surface area contributed by atoms with Crippen molar-refractivity contribution in [3.05, 3.63) is 60.3 Å².